The van der Waals surface area contributed by atoms with Crippen LogP contribution in [0.15, 0.2) is 0 Å². The Labute approximate surface area is 146 Å². The Morgan fingerprint density at radius 3 is 2.21 bits per heavy atom. The lowest BCUT2D eigenvalue weighted by Gasteiger charge is -2.56. The molecule has 138 valence electrons. The summed E-state index contributed by atoms with van der Waals surface area (Å²) in [6.45, 7) is 2.38. The van der Waals surface area contributed by atoms with Crippen molar-refractivity contribution in [2.24, 2.45) is 17.8 Å². The van der Waals surface area contributed by atoms with Crippen LogP contribution >= 0.6 is 0 Å². The van der Waals surface area contributed by atoms with Crippen molar-refractivity contribution in [1.29, 1.82) is 0 Å². The van der Waals surface area contributed by atoms with Gasteiger partial charge in [-0.1, -0.05) is 12.8 Å². The molecular formula is C20H35NO3. The summed E-state index contributed by atoms with van der Waals surface area (Å²) in [5.74, 6) is 2.79. The first kappa shape index (κ1) is 17.3. The Balaban J connectivity index is 1.09. The molecule has 5 aliphatic rings. The molecule has 0 aromatic rings. The van der Waals surface area contributed by atoms with Gasteiger partial charge >= 0.3 is 0 Å². The lowest BCUT2D eigenvalue weighted by atomic mass is 9.54. The van der Waals surface area contributed by atoms with Gasteiger partial charge in [-0.3, -0.25) is 0 Å². The molecule has 0 amide bonds. The largest absolute Gasteiger partial charge is 0.389 e. The predicted octanol–water partition coefficient (Wildman–Crippen LogP) is 2.88. The van der Waals surface area contributed by atoms with E-state index in [4.69, 9.17) is 9.47 Å². The third-order valence-electron chi connectivity index (χ3n) is 6.93. The summed E-state index contributed by atoms with van der Waals surface area (Å²) < 4.78 is 12.0. The number of nitrogens with one attached hydrogen (secondary N) is 1. The third-order valence-corrected chi connectivity index (χ3v) is 6.93. The Kier molecular flexibility index (Phi) is 5.47. The standard InChI is InChI=1S/C20H35NO3/c22-19(13-21-18-3-1-2-4-18)14-23-5-6-24-20-10-15-7-16(11-20)9-17(8-15)12-20/h15-19,21-22H,1-14H2/t15?,16?,17?,19-,20?/m1/s1. The van der Waals surface area contributed by atoms with Crippen molar-refractivity contribution in [3.8, 4) is 0 Å². The molecule has 0 spiro atoms. The average Bonchev–Trinajstić information content (AvgIpc) is 3.04. The summed E-state index contributed by atoms with van der Waals surface area (Å²) in [6.07, 6.45) is 13.0. The zero-order chi connectivity index (χ0) is 16.4. The van der Waals surface area contributed by atoms with Gasteiger partial charge in [0.15, 0.2) is 0 Å². The first-order valence-corrected chi connectivity index (χ1v) is 10.3. The molecule has 4 bridgehead atoms. The smallest absolute Gasteiger partial charge is 0.0897 e. The van der Waals surface area contributed by atoms with Gasteiger partial charge < -0.3 is 19.9 Å². The minimum atomic E-state index is -0.398. The van der Waals surface area contributed by atoms with Gasteiger partial charge in [-0.2, -0.15) is 0 Å². The number of hydrogen-bond donors (Lipinski definition) is 2. The van der Waals surface area contributed by atoms with Crippen molar-refractivity contribution in [1.82, 2.24) is 5.32 Å². The fourth-order valence-corrected chi connectivity index (χ4v) is 6.24. The molecule has 0 radical (unpaired) electrons. The Morgan fingerprint density at radius 1 is 0.958 bits per heavy atom. The van der Waals surface area contributed by atoms with Gasteiger partial charge in [0.25, 0.3) is 0 Å². The van der Waals surface area contributed by atoms with Crippen molar-refractivity contribution in [2.45, 2.75) is 82.0 Å². The van der Waals surface area contributed by atoms with Crippen LogP contribution in [0.25, 0.3) is 0 Å². The van der Waals surface area contributed by atoms with Crippen molar-refractivity contribution in [2.75, 3.05) is 26.4 Å². The highest BCUT2D eigenvalue weighted by atomic mass is 16.5. The zero-order valence-electron chi connectivity index (χ0n) is 15.0. The summed E-state index contributed by atoms with van der Waals surface area (Å²) in [7, 11) is 0. The molecule has 0 unspecified atom stereocenters. The number of aliphatic hydroxyl groups is 1. The van der Waals surface area contributed by atoms with Gasteiger partial charge in [0, 0.05) is 12.6 Å². The lowest BCUT2D eigenvalue weighted by molar-refractivity contribution is -0.170. The second kappa shape index (κ2) is 7.61. The zero-order valence-corrected chi connectivity index (χ0v) is 15.0. The van der Waals surface area contributed by atoms with Gasteiger partial charge in [-0.15, -0.1) is 0 Å². The maximum absolute atomic E-state index is 10.0. The van der Waals surface area contributed by atoms with E-state index in [0.717, 1.165) is 17.8 Å². The van der Waals surface area contributed by atoms with Gasteiger partial charge in [0.1, 0.15) is 0 Å². The molecule has 5 saturated carbocycles. The van der Waals surface area contributed by atoms with Crippen molar-refractivity contribution >= 4 is 0 Å². The maximum Gasteiger partial charge on any atom is 0.0897 e. The summed E-state index contributed by atoms with van der Waals surface area (Å²) in [5.41, 5.74) is 0.181. The maximum atomic E-state index is 10.0. The molecule has 0 heterocycles. The van der Waals surface area contributed by atoms with E-state index in [0.29, 0.717) is 32.4 Å². The number of rotatable bonds is 9. The van der Waals surface area contributed by atoms with Crippen molar-refractivity contribution in [3.05, 3.63) is 0 Å². The van der Waals surface area contributed by atoms with Crippen LogP contribution < -0.4 is 5.32 Å². The molecule has 2 N–H and O–H groups in total. The highest BCUT2D eigenvalue weighted by Gasteiger charge is 2.51. The Morgan fingerprint density at radius 2 is 1.58 bits per heavy atom. The molecule has 0 aliphatic heterocycles. The number of hydrogen-bond acceptors (Lipinski definition) is 4. The third kappa shape index (κ3) is 4.14. The van der Waals surface area contributed by atoms with Crippen LogP contribution in [0, 0.1) is 17.8 Å². The highest BCUT2D eigenvalue weighted by molar-refractivity contribution is 5.03. The normalized spacial score (nSPS) is 39.6. The molecule has 4 nitrogen and oxygen atoms in total. The number of ether oxygens (including phenoxy) is 2. The van der Waals surface area contributed by atoms with Gasteiger partial charge in [0.2, 0.25) is 0 Å². The summed E-state index contributed by atoms with van der Waals surface area (Å²) in [4.78, 5) is 0. The Hall–Kier alpha value is -0.160. The molecule has 0 aromatic heterocycles. The van der Waals surface area contributed by atoms with Gasteiger partial charge in [-0.25, -0.2) is 0 Å². The molecule has 5 aliphatic carbocycles. The highest BCUT2D eigenvalue weighted by Crippen LogP contribution is 2.57. The van der Waals surface area contributed by atoms with E-state index in [-0.39, 0.29) is 5.60 Å². The molecule has 1 atom stereocenters. The first-order chi connectivity index (χ1) is 11.7. The molecule has 5 rings (SSSR count). The van der Waals surface area contributed by atoms with E-state index in [1.165, 1.54) is 64.2 Å². The van der Waals surface area contributed by atoms with E-state index in [1.54, 1.807) is 0 Å². The monoisotopic (exact) mass is 337 g/mol. The van der Waals surface area contributed by atoms with Crippen LogP contribution in [0.3, 0.4) is 0 Å². The van der Waals surface area contributed by atoms with Crippen LogP contribution in [-0.4, -0.2) is 49.2 Å². The minimum Gasteiger partial charge on any atom is -0.389 e. The molecular weight excluding hydrogens is 302 g/mol. The SMILES string of the molecule is O[C@H](CNC1CCCC1)COCCOC12CC3CC(CC(C3)C1)C2. The van der Waals surface area contributed by atoms with Gasteiger partial charge in [-0.05, 0) is 69.1 Å². The summed E-state index contributed by atoms with van der Waals surface area (Å²) >= 11 is 0. The summed E-state index contributed by atoms with van der Waals surface area (Å²) in [5, 5.41) is 13.5. The Bertz CT molecular complexity index is 372. The minimum absolute atomic E-state index is 0.181. The lowest BCUT2D eigenvalue weighted by Crippen LogP contribution is -2.52. The molecule has 5 fully saturated rings. The van der Waals surface area contributed by atoms with E-state index >= 15 is 0 Å². The molecule has 0 aromatic carbocycles. The number of aliphatic hydroxyl groups excluding tert-OH is 1. The fourth-order valence-electron chi connectivity index (χ4n) is 6.24. The fraction of sp³-hybridized carbons (Fsp3) is 1.00. The van der Waals surface area contributed by atoms with Crippen LogP contribution in [0.4, 0.5) is 0 Å². The molecule has 0 saturated heterocycles. The predicted molar refractivity (Wildman–Crippen MR) is 93.9 cm³/mol. The van der Waals surface area contributed by atoms with Crippen molar-refractivity contribution < 1.29 is 14.6 Å². The van der Waals surface area contributed by atoms with E-state index in [1.807, 2.05) is 0 Å². The van der Waals surface area contributed by atoms with Crippen LogP contribution in [0.5, 0.6) is 0 Å². The molecule has 4 heteroatoms. The van der Waals surface area contributed by atoms with Crippen LogP contribution in [0.2, 0.25) is 0 Å². The van der Waals surface area contributed by atoms with Crippen LogP contribution in [0.1, 0.15) is 64.2 Å². The van der Waals surface area contributed by atoms with E-state index in [2.05, 4.69) is 5.32 Å². The first-order valence-electron chi connectivity index (χ1n) is 10.3. The second-order valence-electron chi connectivity index (χ2n) is 9.07. The summed E-state index contributed by atoms with van der Waals surface area (Å²) in [6, 6.07) is 0.610. The van der Waals surface area contributed by atoms with Crippen molar-refractivity contribution in [3.63, 3.8) is 0 Å². The van der Waals surface area contributed by atoms with E-state index in [9.17, 15) is 5.11 Å². The molecule has 24 heavy (non-hydrogen) atoms. The van der Waals surface area contributed by atoms with E-state index < -0.39 is 6.10 Å². The quantitative estimate of drug-likeness (QED) is 0.635. The topological polar surface area (TPSA) is 50.7 Å². The second-order valence-corrected chi connectivity index (χ2v) is 9.07. The van der Waals surface area contributed by atoms with Crippen LogP contribution in [-0.2, 0) is 9.47 Å². The average molecular weight is 338 g/mol. The van der Waals surface area contributed by atoms with Gasteiger partial charge in [0.05, 0.1) is 31.5 Å².